The Morgan fingerprint density at radius 2 is 1.59 bits per heavy atom. The molecule has 0 spiro atoms. The van der Waals surface area contributed by atoms with Crippen molar-refractivity contribution in [2.75, 3.05) is 26.1 Å². The first kappa shape index (κ1) is 19.7. The van der Waals surface area contributed by atoms with Crippen LogP contribution in [0.5, 0.6) is 5.75 Å². The summed E-state index contributed by atoms with van der Waals surface area (Å²) in [6.45, 7) is 3.92. The summed E-state index contributed by atoms with van der Waals surface area (Å²) >= 11 is 0. The van der Waals surface area contributed by atoms with Crippen LogP contribution in [0.15, 0.2) is 55.1 Å². The van der Waals surface area contributed by atoms with E-state index in [4.69, 9.17) is 9.47 Å². The zero-order chi connectivity index (χ0) is 19.8. The molecular formula is C20H19NO6. The lowest BCUT2D eigenvalue weighted by Crippen LogP contribution is -2.16. The van der Waals surface area contributed by atoms with Gasteiger partial charge >= 0.3 is 11.9 Å². The molecule has 1 amide bonds. The molecule has 0 saturated carbocycles. The average molecular weight is 369 g/mol. The number of amides is 1. The van der Waals surface area contributed by atoms with Crippen LogP contribution in [0, 0.1) is 0 Å². The number of rotatable bonds is 7. The topological polar surface area (TPSA) is 90.9 Å². The fourth-order valence-electron chi connectivity index (χ4n) is 2.23. The maximum absolute atomic E-state index is 12.5. The highest BCUT2D eigenvalue weighted by Crippen LogP contribution is 2.21. The second-order valence-corrected chi connectivity index (χ2v) is 5.32. The summed E-state index contributed by atoms with van der Waals surface area (Å²) in [6, 6.07) is 10.6. The summed E-state index contributed by atoms with van der Waals surface area (Å²) in [5.41, 5.74) is 0.792. The lowest BCUT2D eigenvalue weighted by atomic mass is 10.1. The number of ether oxygens (including phenoxy) is 3. The van der Waals surface area contributed by atoms with E-state index in [2.05, 4.69) is 16.6 Å². The molecule has 0 bridgehead atoms. The number of carbonyl (C=O) groups excluding carboxylic acids is 3. The number of esters is 2. The highest BCUT2D eigenvalue weighted by atomic mass is 16.5. The molecule has 0 aliphatic carbocycles. The van der Waals surface area contributed by atoms with Crippen LogP contribution in [-0.2, 0) is 9.47 Å². The Balaban J connectivity index is 2.27. The summed E-state index contributed by atoms with van der Waals surface area (Å²) in [6.07, 6.45) is 1.61. The van der Waals surface area contributed by atoms with Crippen molar-refractivity contribution in [1.82, 2.24) is 0 Å². The molecule has 0 fully saturated rings. The molecule has 0 heterocycles. The Hall–Kier alpha value is -3.61. The number of anilines is 1. The van der Waals surface area contributed by atoms with Crippen molar-refractivity contribution in [3.63, 3.8) is 0 Å². The number of methoxy groups -OCH3 is 2. The minimum absolute atomic E-state index is 0.115. The molecule has 0 saturated heterocycles. The standard InChI is InChI=1S/C20H19NO6/c1-4-11-27-15-8-5-13(6-9-15)18(22)21-17-12-14(19(23)25-2)7-10-16(17)20(24)26-3/h4-10,12H,1,11H2,2-3H3,(H,21,22). The van der Waals surface area contributed by atoms with Crippen molar-refractivity contribution < 1.29 is 28.6 Å². The van der Waals surface area contributed by atoms with E-state index >= 15 is 0 Å². The summed E-state index contributed by atoms with van der Waals surface area (Å²) < 4.78 is 14.7. The van der Waals surface area contributed by atoms with Crippen molar-refractivity contribution in [3.05, 3.63) is 71.8 Å². The molecular weight excluding hydrogens is 350 g/mol. The van der Waals surface area contributed by atoms with Gasteiger partial charge in [-0.2, -0.15) is 0 Å². The summed E-state index contributed by atoms with van der Waals surface area (Å²) in [5.74, 6) is -1.10. The number of nitrogens with one attached hydrogen (secondary N) is 1. The normalized spacial score (nSPS) is 9.85. The predicted molar refractivity (Wildman–Crippen MR) is 99.2 cm³/mol. The third kappa shape index (κ3) is 4.94. The Kier molecular flexibility index (Phi) is 6.71. The molecule has 1 N–H and O–H groups in total. The van der Waals surface area contributed by atoms with Gasteiger partial charge in [-0.1, -0.05) is 12.7 Å². The van der Waals surface area contributed by atoms with Crippen LogP contribution < -0.4 is 10.1 Å². The number of carbonyl (C=O) groups is 3. The van der Waals surface area contributed by atoms with Crippen LogP contribution in [0.4, 0.5) is 5.69 Å². The first-order chi connectivity index (χ1) is 13.0. The van der Waals surface area contributed by atoms with Crippen molar-refractivity contribution in [1.29, 1.82) is 0 Å². The molecule has 0 unspecified atom stereocenters. The number of hydrogen-bond donors (Lipinski definition) is 1. The Labute approximate surface area is 156 Å². The van der Waals surface area contributed by atoms with Crippen LogP contribution in [0.1, 0.15) is 31.1 Å². The molecule has 0 radical (unpaired) electrons. The molecule has 2 rings (SSSR count). The third-order valence-electron chi connectivity index (χ3n) is 3.58. The second kappa shape index (κ2) is 9.19. The van der Waals surface area contributed by atoms with E-state index in [0.29, 0.717) is 17.9 Å². The van der Waals surface area contributed by atoms with E-state index in [1.165, 1.54) is 32.4 Å². The lowest BCUT2D eigenvalue weighted by molar-refractivity contribution is 0.0587. The van der Waals surface area contributed by atoms with E-state index in [1.807, 2.05) is 0 Å². The van der Waals surface area contributed by atoms with Crippen LogP contribution in [-0.4, -0.2) is 38.7 Å². The maximum Gasteiger partial charge on any atom is 0.339 e. The van der Waals surface area contributed by atoms with E-state index in [1.54, 1.807) is 30.3 Å². The van der Waals surface area contributed by atoms with Gasteiger partial charge in [0.2, 0.25) is 0 Å². The highest BCUT2D eigenvalue weighted by Gasteiger charge is 2.18. The molecule has 0 atom stereocenters. The van der Waals surface area contributed by atoms with Gasteiger partial charge in [0.05, 0.1) is 31.0 Å². The molecule has 0 aliphatic rings. The first-order valence-electron chi connectivity index (χ1n) is 7.96. The minimum atomic E-state index is -0.644. The Bertz CT molecular complexity index is 857. The quantitative estimate of drug-likeness (QED) is 0.596. The maximum atomic E-state index is 12.5. The highest BCUT2D eigenvalue weighted by molar-refractivity contribution is 6.09. The molecule has 0 aromatic heterocycles. The monoisotopic (exact) mass is 369 g/mol. The minimum Gasteiger partial charge on any atom is -0.490 e. The molecule has 27 heavy (non-hydrogen) atoms. The summed E-state index contributed by atoms with van der Waals surface area (Å²) in [4.78, 5) is 36.2. The largest absolute Gasteiger partial charge is 0.490 e. The number of benzene rings is 2. The lowest BCUT2D eigenvalue weighted by Gasteiger charge is -2.12. The van der Waals surface area contributed by atoms with Gasteiger partial charge in [-0.3, -0.25) is 4.79 Å². The average Bonchev–Trinajstić information content (AvgIpc) is 2.71. The van der Waals surface area contributed by atoms with Crippen molar-refractivity contribution >= 4 is 23.5 Å². The Morgan fingerprint density at radius 3 is 2.19 bits per heavy atom. The van der Waals surface area contributed by atoms with Gasteiger partial charge in [0.15, 0.2) is 0 Å². The van der Waals surface area contributed by atoms with E-state index in [0.717, 1.165) is 0 Å². The SMILES string of the molecule is C=CCOc1ccc(C(=O)Nc2cc(C(=O)OC)ccc2C(=O)OC)cc1. The molecule has 2 aromatic rings. The van der Waals surface area contributed by atoms with Crippen LogP contribution in [0.25, 0.3) is 0 Å². The first-order valence-corrected chi connectivity index (χ1v) is 7.96. The molecule has 7 nitrogen and oxygen atoms in total. The Morgan fingerprint density at radius 1 is 0.963 bits per heavy atom. The zero-order valence-corrected chi connectivity index (χ0v) is 15.0. The fraction of sp³-hybridized carbons (Fsp3) is 0.150. The molecule has 0 aliphatic heterocycles. The van der Waals surface area contributed by atoms with E-state index in [9.17, 15) is 14.4 Å². The fourth-order valence-corrected chi connectivity index (χ4v) is 2.23. The second-order valence-electron chi connectivity index (χ2n) is 5.32. The predicted octanol–water partition coefficient (Wildman–Crippen LogP) is 3.08. The van der Waals surface area contributed by atoms with Crippen molar-refractivity contribution in [2.45, 2.75) is 0 Å². The summed E-state index contributed by atoms with van der Waals surface area (Å²) in [5, 5.41) is 2.62. The molecule has 140 valence electrons. The smallest absolute Gasteiger partial charge is 0.339 e. The van der Waals surface area contributed by atoms with Gasteiger partial charge in [0.25, 0.3) is 5.91 Å². The van der Waals surface area contributed by atoms with Gasteiger partial charge in [-0.05, 0) is 42.5 Å². The van der Waals surface area contributed by atoms with E-state index < -0.39 is 17.8 Å². The van der Waals surface area contributed by atoms with Gasteiger partial charge < -0.3 is 19.5 Å². The molecule has 2 aromatic carbocycles. The van der Waals surface area contributed by atoms with E-state index in [-0.39, 0.29) is 16.8 Å². The van der Waals surface area contributed by atoms with Gasteiger partial charge in [-0.25, -0.2) is 9.59 Å². The third-order valence-corrected chi connectivity index (χ3v) is 3.58. The van der Waals surface area contributed by atoms with Gasteiger partial charge in [0, 0.05) is 5.56 Å². The van der Waals surface area contributed by atoms with Crippen LogP contribution in [0.2, 0.25) is 0 Å². The van der Waals surface area contributed by atoms with Gasteiger partial charge in [0.1, 0.15) is 12.4 Å². The summed E-state index contributed by atoms with van der Waals surface area (Å²) in [7, 11) is 2.47. The van der Waals surface area contributed by atoms with Crippen LogP contribution in [0.3, 0.4) is 0 Å². The van der Waals surface area contributed by atoms with Crippen LogP contribution >= 0.6 is 0 Å². The molecule has 7 heteroatoms. The zero-order valence-electron chi connectivity index (χ0n) is 15.0. The van der Waals surface area contributed by atoms with Gasteiger partial charge in [-0.15, -0.1) is 0 Å². The van der Waals surface area contributed by atoms with Crippen molar-refractivity contribution in [2.24, 2.45) is 0 Å². The van der Waals surface area contributed by atoms with Crippen molar-refractivity contribution in [3.8, 4) is 5.75 Å². The number of hydrogen-bond acceptors (Lipinski definition) is 6.